The topological polar surface area (TPSA) is 49.8 Å². The number of aliphatic hydroxyl groups excluding tert-OH is 1. The lowest BCUT2D eigenvalue weighted by molar-refractivity contribution is -0.129. The van der Waals surface area contributed by atoms with Gasteiger partial charge in [0.15, 0.2) is 6.73 Å². The highest BCUT2D eigenvalue weighted by molar-refractivity contribution is 5.87. The number of hydrogen-bond donors (Lipinski definition) is 1. The van der Waals surface area contributed by atoms with E-state index in [0.717, 1.165) is 16.8 Å². The summed E-state index contributed by atoms with van der Waals surface area (Å²) >= 11 is 0. The van der Waals surface area contributed by atoms with Gasteiger partial charge in [-0.2, -0.15) is 0 Å². The van der Waals surface area contributed by atoms with Crippen LogP contribution in [0.5, 0.6) is 0 Å². The summed E-state index contributed by atoms with van der Waals surface area (Å²) in [5, 5.41) is 10.2. The van der Waals surface area contributed by atoms with Crippen LogP contribution in [-0.2, 0) is 9.53 Å². The fourth-order valence-corrected chi connectivity index (χ4v) is 2.79. The van der Waals surface area contributed by atoms with E-state index in [2.05, 4.69) is 0 Å². The number of carbonyl (C=O) groups is 1. The molecule has 0 fully saturated rings. The highest BCUT2D eigenvalue weighted by Crippen LogP contribution is 2.26. The van der Waals surface area contributed by atoms with Crippen molar-refractivity contribution in [1.29, 1.82) is 0 Å². The number of rotatable bonds is 6. The number of ether oxygens (including phenoxy) is 1. The Bertz CT molecular complexity index is 697. The maximum absolute atomic E-state index is 12.5. The average molecular weight is 323 g/mol. The molecule has 0 radical (unpaired) electrons. The number of amides is 1. The van der Waals surface area contributed by atoms with E-state index in [9.17, 15) is 9.90 Å². The van der Waals surface area contributed by atoms with Gasteiger partial charge < -0.3 is 9.84 Å². The van der Waals surface area contributed by atoms with Gasteiger partial charge in [-0.1, -0.05) is 60.7 Å². The molecule has 0 spiro atoms. The molecule has 2 aromatic rings. The SMILES string of the molecule is O=C(CCCC(O)c1ccccc1)N1COC=C1c1ccccc1. The van der Waals surface area contributed by atoms with Crippen molar-refractivity contribution in [1.82, 2.24) is 4.90 Å². The zero-order valence-corrected chi connectivity index (χ0v) is 13.5. The van der Waals surface area contributed by atoms with Crippen LogP contribution in [0.3, 0.4) is 0 Å². The zero-order chi connectivity index (χ0) is 16.8. The van der Waals surface area contributed by atoms with Crippen molar-refractivity contribution in [2.45, 2.75) is 25.4 Å². The first-order valence-electron chi connectivity index (χ1n) is 8.16. The van der Waals surface area contributed by atoms with Crippen LogP contribution >= 0.6 is 0 Å². The summed E-state index contributed by atoms with van der Waals surface area (Å²) in [5.74, 6) is 0.0165. The number of hydrogen-bond acceptors (Lipinski definition) is 3. The van der Waals surface area contributed by atoms with Gasteiger partial charge in [-0.05, 0) is 18.4 Å². The van der Waals surface area contributed by atoms with Gasteiger partial charge in [-0.15, -0.1) is 0 Å². The first kappa shape index (κ1) is 16.3. The van der Waals surface area contributed by atoms with Crippen molar-refractivity contribution in [3.63, 3.8) is 0 Å². The molecule has 4 nitrogen and oxygen atoms in total. The molecule has 2 aromatic carbocycles. The summed E-state index contributed by atoms with van der Waals surface area (Å²) in [7, 11) is 0. The molecular formula is C20H21NO3. The third-order valence-corrected chi connectivity index (χ3v) is 4.11. The van der Waals surface area contributed by atoms with Gasteiger partial charge in [0, 0.05) is 12.0 Å². The van der Waals surface area contributed by atoms with Crippen molar-refractivity contribution in [3.05, 3.63) is 78.1 Å². The molecule has 1 aliphatic rings. The van der Waals surface area contributed by atoms with Gasteiger partial charge in [-0.25, -0.2) is 0 Å². The van der Waals surface area contributed by atoms with Gasteiger partial charge in [0.2, 0.25) is 5.91 Å². The maximum atomic E-state index is 12.5. The summed E-state index contributed by atoms with van der Waals surface area (Å²) in [6, 6.07) is 19.3. The van der Waals surface area contributed by atoms with Crippen LogP contribution in [0, 0.1) is 0 Å². The van der Waals surface area contributed by atoms with E-state index in [-0.39, 0.29) is 12.6 Å². The lowest BCUT2D eigenvalue weighted by Gasteiger charge is -2.18. The van der Waals surface area contributed by atoms with Crippen molar-refractivity contribution in [2.24, 2.45) is 0 Å². The molecule has 124 valence electrons. The van der Waals surface area contributed by atoms with E-state index in [1.807, 2.05) is 60.7 Å². The van der Waals surface area contributed by atoms with Crippen molar-refractivity contribution >= 4 is 11.6 Å². The number of aliphatic hydroxyl groups is 1. The van der Waals surface area contributed by atoms with Crippen LogP contribution < -0.4 is 0 Å². The molecule has 24 heavy (non-hydrogen) atoms. The Morgan fingerprint density at radius 3 is 2.46 bits per heavy atom. The fourth-order valence-electron chi connectivity index (χ4n) is 2.79. The summed E-state index contributed by atoms with van der Waals surface area (Å²) in [4.78, 5) is 14.1. The lowest BCUT2D eigenvalue weighted by Crippen LogP contribution is -2.27. The molecule has 0 saturated carbocycles. The Morgan fingerprint density at radius 2 is 1.75 bits per heavy atom. The molecule has 0 aromatic heterocycles. The second-order valence-electron chi connectivity index (χ2n) is 5.81. The van der Waals surface area contributed by atoms with E-state index >= 15 is 0 Å². The van der Waals surface area contributed by atoms with E-state index in [0.29, 0.717) is 19.3 Å². The molecule has 1 unspecified atom stereocenters. The van der Waals surface area contributed by atoms with E-state index < -0.39 is 6.10 Å². The molecular weight excluding hydrogens is 302 g/mol. The Balaban J connectivity index is 1.53. The van der Waals surface area contributed by atoms with E-state index in [1.54, 1.807) is 11.2 Å². The Kier molecular flexibility index (Phi) is 5.29. The molecule has 1 amide bonds. The quantitative estimate of drug-likeness (QED) is 0.882. The standard InChI is InChI=1S/C20H21NO3/c22-19(17-10-5-2-6-11-17)12-7-13-20(23)21-15-24-14-18(21)16-8-3-1-4-9-16/h1-6,8-11,14,19,22H,7,12-13,15H2. The predicted molar refractivity (Wildman–Crippen MR) is 92.5 cm³/mol. The molecule has 4 heteroatoms. The molecule has 0 saturated heterocycles. The second-order valence-corrected chi connectivity index (χ2v) is 5.81. The van der Waals surface area contributed by atoms with Crippen LogP contribution in [-0.4, -0.2) is 22.6 Å². The van der Waals surface area contributed by atoms with Crippen LogP contribution in [0.4, 0.5) is 0 Å². The average Bonchev–Trinajstić information content (AvgIpc) is 3.13. The molecule has 1 heterocycles. The first-order chi connectivity index (χ1) is 11.8. The molecule has 1 atom stereocenters. The number of nitrogens with zero attached hydrogens (tertiary/aromatic N) is 1. The largest absolute Gasteiger partial charge is 0.478 e. The van der Waals surface area contributed by atoms with Gasteiger partial charge in [0.1, 0.15) is 6.26 Å². The highest BCUT2D eigenvalue weighted by atomic mass is 16.5. The molecule has 1 N–H and O–H groups in total. The van der Waals surface area contributed by atoms with Gasteiger partial charge in [-0.3, -0.25) is 9.69 Å². The zero-order valence-electron chi connectivity index (χ0n) is 13.5. The van der Waals surface area contributed by atoms with Crippen LogP contribution in [0.2, 0.25) is 0 Å². The normalized spacial score (nSPS) is 14.9. The van der Waals surface area contributed by atoms with Gasteiger partial charge >= 0.3 is 0 Å². The van der Waals surface area contributed by atoms with Crippen LogP contribution in [0.15, 0.2) is 66.9 Å². The third kappa shape index (κ3) is 3.84. The predicted octanol–water partition coefficient (Wildman–Crippen LogP) is 3.71. The molecule has 3 rings (SSSR count). The minimum absolute atomic E-state index is 0.0165. The maximum Gasteiger partial charge on any atom is 0.229 e. The van der Waals surface area contributed by atoms with Crippen molar-refractivity contribution in [2.75, 3.05) is 6.73 Å². The Morgan fingerprint density at radius 1 is 1.08 bits per heavy atom. The summed E-state index contributed by atoms with van der Waals surface area (Å²) in [6.07, 6.45) is 2.68. The molecule has 0 aliphatic carbocycles. The smallest absolute Gasteiger partial charge is 0.229 e. The number of carbonyl (C=O) groups excluding carboxylic acids is 1. The summed E-state index contributed by atoms with van der Waals surface area (Å²) in [6.45, 7) is 0.254. The molecule has 0 bridgehead atoms. The molecule has 1 aliphatic heterocycles. The fraction of sp³-hybridized carbons (Fsp3) is 0.250. The first-order valence-corrected chi connectivity index (χ1v) is 8.16. The van der Waals surface area contributed by atoms with Crippen LogP contribution in [0.1, 0.15) is 36.5 Å². The third-order valence-electron chi connectivity index (χ3n) is 4.11. The second kappa shape index (κ2) is 7.79. The van der Waals surface area contributed by atoms with Crippen molar-refractivity contribution in [3.8, 4) is 0 Å². The van der Waals surface area contributed by atoms with Gasteiger partial charge in [0.05, 0.1) is 11.8 Å². The minimum atomic E-state index is -0.530. The lowest BCUT2D eigenvalue weighted by atomic mass is 10.0. The summed E-state index contributed by atoms with van der Waals surface area (Å²) < 4.78 is 5.34. The monoisotopic (exact) mass is 323 g/mol. The Labute approximate surface area is 142 Å². The van der Waals surface area contributed by atoms with Crippen molar-refractivity contribution < 1.29 is 14.6 Å². The minimum Gasteiger partial charge on any atom is -0.478 e. The number of benzene rings is 2. The van der Waals surface area contributed by atoms with E-state index in [4.69, 9.17) is 4.74 Å². The van der Waals surface area contributed by atoms with E-state index in [1.165, 1.54) is 0 Å². The van der Waals surface area contributed by atoms with Gasteiger partial charge in [0.25, 0.3) is 0 Å². The van der Waals surface area contributed by atoms with Crippen LogP contribution in [0.25, 0.3) is 5.70 Å². The summed E-state index contributed by atoms with van der Waals surface area (Å²) in [5.41, 5.74) is 2.65. The highest BCUT2D eigenvalue weighted by Gasteiger charge is 2.24. The Hall–Kier alpha value is -2.59.